The molecule has 2 N–H and O–H groups in total. The molecule has 3 atom stereocenters. The second kappa shape index (κ2) is 9.48. The maximum Gasteiger partial charge on any atom is 0.255 e. The van der Waals surface area contributed by atoms with E-state index in [1.54, 1.807) is 4.90 Å². The van der Waals surface area contributed by atoms with Crippen LogP contribution in [-0.2, 0) is 17.8 Å². The fourth-order valence-corrected chi connectivity index (χ4v) is 7.77. The second-order valence-electron chi connectivity index (χ2n) is 12.6. The summed E-state index contributed by atoms with van der Waals surface area (Å²) in [5.74, 6) is -2.09. The lowest BCUT2D eigenvalue weighted by atomic mass is 9.57. The topological polar surface area (TPSA) is 61.4 Å². The lowest BCUT2D eigenvalue weighted by molar-refractivity contribution is -0.126. The maximum absolute atomic E-state index is 13.6. The fraction of sp³-hybridized carbons (Fsp3) is 0.667. The molecule has 37 heavy (non-hydrogen) atoms. The van der Waals surface area contributed by atoms with Gasteiger partial charge in [-0.15, -0.1) is 0 Å². The summed E-state index contributed by atoms with van der Waals surface area (Å²) in [6, 6.07) is 6.72. The van der Waals surface area contributed by atoms with Gasteiger partial charge in [0.05, 0.1) is 0 Å². The van der Waals surface area contributed by atoms with Crippen molar-refractivity contribution >= 4 is 11.8 Å². The number of carbonyl (C=O) groups is 2. The van der Waals surface area contributed by atoms with Crippen LogP contribution in [0.15, 0.2) is 30.5 Å². The predicted molar refractivity (Wildman–Crippen MR) is 138 cm³/mol. The van der Waals surface area contributed by atoms with E-state index in [0.717, 1.165) is 36.1 Å². The maximum atomic E-state index is 13.6. The van der Waals surface area contributed by atoms with Crippen molar-refractivity contribution in [3.63, 3.8) is 0 Å². The van der Waals surface area contributed by atoms with Crippen molar-refractivity contribution < 1.29 is 18.4 Å². The van der Waals surface area contributed by atoms with Gasteiger partial charge in [-0.2, -0.15) is 0 Å². The van der Waals surface area contributed by atoms with Crippen molar-refractivity contribution in [1.82, 2.24) is 15.5 Å². The Morgan fingerprint density at radius 1 is 1.05 bits per heavy atom. The number of amides is 2. The number of rotatable bonds is 5. The number of nitrogens with zero attached hydrogens (tertiary/aromatic N) is 1. The van der Waals surface area contributed by atoms with Crippen LogP contribution >= 0.6 is 0 Å². The zero-order valence-electron chi connectivity index (χ0n) is 21.7. The first-order valence-electron chi connectivity index (χ1n) is 14.3. The minimum Gasteiger partial charge on any atom is -0.329 e. The van der Waals surface area contributed by atoms with Gasteiger partial charge in [0.2, 0.25) is 11.8 Å². The molecule has 0 bridgehead atoms. The van der Waals surface area contributed by atoms with Crippen molar-refractivity contribution in [2.24, 2.45) is 11.3 Å². The standard InChI is InChI=1S/C30H39F2N3O2/c1-19-6-9-26(27(36)33-19)35-18-22-15-20(7-8-24(22)28(35)37)14-21-4-2-3-5-25(21)34-23-16-29(17-23)10-12-30(31,32)13-11-29/h7-8,15,21,23,25-26,34H,1-6,9-14,16-18H2,(H,33,36)/t21-,25+,26?/m1/s1. The van der Waals surface area contributed by atoms with Crippen LogP contribution in [0.3, 0.4) is 0 Å². The van der Waals surface area contributed by atoms with Gasteiger partial charge in [0.25, 0.3) is 5.91 Å². The number of nitrogens with one attached hydrogen (secondary N) is 2. The molecule has 1 unspecified atom stereocenters. The van der Waals surface area contributed by atoms with E-state index in [0.29, 0.717) is 50.2 Å². The SMILES string of the molecule is C=C1CCC(N2Cc3cc(C[C@H]4CCCC[C@@H]4NC4CC5(CCC(F)(F)CC5)C4)ccc3C2=O)C(=O)N1. The molecular formula is C30H39F2N3O2. The van der Waals surface area contributed by atoms with Gasteiger partial charge in [0.15, 0.2) is 0 Å². The van der Waals surface area contributed by atoms with Gasteiger partial charge >= 0.3 is 0 Å². The van der Waals surface area contributed by atoms with Crippen LogP contribution in [0.4, 0.5) is 8.78 Å². The smallest absolute Gasteiger partial charge is 0.255 e. The quantitative estimate of drug-likeness (QED) is 0.550. The van der Waals surface area contributed by atoms with Crippen LogP contribution in [0, 0.1) is 11.3 Å². The summed E-state index contributed by atoms with van der Waals surface area (Å²) in [4.78, 5) is 27.3. The molecule has 4 fully saturated rings. The van der Waals surface area contributed by atoms with Gasteiger partial charge < -0.3 is 15.5 Å². The van der Waals surface area contributed by atoms with Gasteiger partial charge in [-0.1, -0.05) is 31.6 Å². The largest absolute Gasteiger partial charge is 0.329 e. The van der Waals surface area contributed by atoms with Crippen LogP contribution in [0.5, 0.6) is 0 Å². The lowest BCUT2D eigenvalue weighted by Crippen LogP contribution is -2.55. The van der Waals surface area contributed by atoms with Crippen LogP contribution in [0.1, 0.15) is 98.5 Å². The van der Waals surface area contributed by atoms with Crippen molar-refractivity contribution in [3.8, 4) is 0 Å². The van der Waals surface area contributed by atoms with E-state index < -0.39 is 12.0 Å². The van der Waals surface area contributed by atoms with Gasteiger partial charge in [-0.3, -0.25) is 9.59 Å². The molecule has 1 aromatic rings. The summed E-state index contributed by atoms with van der Waals surface area (Å²) in [5.41, 5.74) is 3.88. The highest BCUT2D eigenvalue weighted by molar-refractivity contribution is 6.01. The molecule has 7 heteroatoms. The molecule has 3 aliphatic carbocycles. The molecule has 1 saturated heterocycles. The molecule has 6 rings (SSSR count). The Kier molecular flexibility index (Phi) is 6.41. The summed E-state index contributed by atoms with van der Waals surface area (Å²) in [5, 5.41) is 6.74. The summed E-state index contributed by atoms with van der Waals surface area (Å²) in [6.07, 6.45) is 10.7. The first-order valence-corrected chi connectivity index (χ1v) is 14.3. The van der Waals surface area contributed by atoms with E-state index in [1.807, 2.05) is 6.07 Å². The Labute approximate surface area is 218 Å². The third kappa shape index (κ3) is 4.96. The zero-order valence-corrected chi connectivity index (χ0v) is 21.7. The molecule has 0 radical (unpaired) electrons. The Morgan fingerprint density at radius 3 is 2.57 bits per heavy atom. The summed E-state index contributed by atoms with van der Waals surface area (Å²) in [7, 11) is 0. The normalized spacial score (nSPS) is 31.2. The summed E-state index contributed by atoms with van der Waals surface area (Å²) >= 11 is 0. The molecule has 2 heterocycles. The molecule has 5 aliphatic rings. The first kappa shape index (κ1) is 25.0. The number of halogens is 2. The van der Waals surface area contributed by atoms with Gasteiger partial charge in [0, 0.05) is 42.7 Å². The van der Waals surface area contributed by atoms with Gasteiger partial charge in [-0.05, 0) is 86.3 Å². The van der Waals surface area contributed by atoms with E-state index in [2.05, 4.69) is 29.3 Å². The Morgan fingerprint density at radius 2 is 1.81 bits per heavy atom. The number of fused-ring (bicyclic) bond motifs is 1. The summed E-state index contributed by atoms with van der Waals surface area (Å²) in [6.45, 7) is 4.33. The Bertz CT molecular complexity index is 1080. The van der Waals surface area contributed by atoms with Gasteiger partial charge in [-0.25, -0.2) is 8.78 Å². The average molecular weight is 512 g/mol. The monoisotopic (exact) mass is 511 g/mol. The average Bonchev–Trinajstić information content (AvgIpc) is 3.16. The summed E-state index contributed by atoms with van der Waals surface area (Å²) < 4.78 is 27.3. The van der Waals surface area contributed by atoms with Crippen molar-refractivity contribution in [2.75, 3.05) is 0 Å². The van der Waals surface area contributed by atoms with Crippen molar-refractivity contribution in [1.29, 1.82) is 0 Å². The molecule has 1 spiro atoms. The van der Waals surface area contributed by atoms with Crippen LogP contribution in [0.2, 0.25) is 0 Å². The highest BCUT2D eigenvalue weighted by atomic mass is 19.3. The molecule has 2 aliphatic heterocycles. The molecular weight excluding hydrogens is 472 g/mol. The number of allylic oxidation sites excluding steroid dienone is 1. The highest BCUT2D eigenvalue weighted by Crippen LogP contribution is 2.55. The second-order valence-corrected chi connectivity index (χ2v) is 12.6. The van der Waals surface area contributed by atoms with Gasteiger partial charge in [0.1, 0.15) is 6.04 Å². The minimum atomic E-state index is -2.45. The van der Waals surface area contributed by atoms with Crippen LogP contribution in [-0.4, -0.2) is 40.8 Å². The van der Waals surface area contributed by atoms with Crippen molar-refractivity contribution in [2.45, 2.75) is 114 Å². The number of benzene rings is 1. The zero-order chi connectivity index (χ0) is 25.8. The lowest BCUT2D eigenvalue weighted by Gasteiger charge is -2.53. The minimum absolute atomic E-state index is 0.0502. The van der Waals surface area contributed by atoms with E-state index in [1.165, 1.54) is 31.2 Å². The first-order chi connectivity index (χ1) is 17.7. The molecule has 5 nitrogen and oxygen atoms in total. The van der Waals surface area contributed by atoms with E-state index in [9.17, 15) is 18.4 Å². The number of hydrogen-bond donors (Lipinski definition) is 2. The highest BCUT2D eigenvalue weighted by Gasteiger charge is 2.50. The Balaban J connectivity index is 1.07. The van der Waals surface area contributed by atoms with Crippen LogP contribution < -0.4 is 10.6 Å². The molecule has 200 valence electrons. The predicted octanol–water partition coefficient (Wildman–Crippen LogP) is 5.48. The number of hydrogen-bond acceptors (Lipinski definition) is 3. The molecule has 2 amide bonds. The third-order valence-corrected chi connectivity index (χ3v) is 9.96. The van der Waals surface area contributed by atoms with E-state index in [-0.39, 0.29) is 30.1 Å². The number of carbonyl (C=O) groups excluding carboxylic acids is 2. The van der Waals surface area contributed by atoms with Crippen molar-refractivity contribution in [3.05, 3.63) is 47.2 Å². The number of piperidine rings is 1. The van der Waals surface area contributed by atoms with E-state index >= 15 is 0 Å². The van der Waals surface area contributed by atoms with Crippen LogP contribution in [0.25, 0.3) is 0 Å². The number of alkyl halides is 2. The third-order valence-electron chi connectivity index (χ3n) is 9.96. The molecule has 0 aromatic heterocycles. The Hall–Kier alpha value is -2.28. The molecule has 3 saturated carbocycles. The fourth-order valence-electron chi connectivity index (χ4n) is 7.77. The van der Waals surface area contributed by atoms with E-state index in [4.69, 9.17) is 0 Å². The molecule has 1 aromatic carbocycles.